The lowest BCUT2D eigenvalue weighted by atomic mass is 10.2. The number of carbonyl (C=O) groups is 1. The Balaban J connectivity index is 1.55. The quantitative estimate of drug-likeness (QED) is 0.541. The maximum absolute atomic E-state index is 12.6. The number of amides is 1. The first kappa shape index (κ1) is 18.5. The van der Waals surface area contributed by atoms with Crippen LogP contribution in [0.3, 0.4) is 0 Å². The minimum Gasteiger partial charge on any atom is -0.439 e. The number of hydrogen-bond acceptors (Lipinski definition) is 6. The summed E-state index contributed by atoms with van der Waals surface area (Å²) in [5.41, 5.74) is 0.405. The van der Waals surface area contributed by atoms with Crippen molar-refractivity contribution in [1.82, 2.24) is 19.7 Å². The van der Waals surface area contributed by atoms with Gasteiger partial charge in [0, 0.05) is 23.6 Å². The molecule has 0 radical (unpaired) electrons. The normalized spacial score (nSPS) is 11.2. The van der Waals surface area contributed by atoms with Gasteiger partial charge in [-0.05, 0) is 31.2 Å². The molecule has 9 heteroatoms. The summed E-state index contributed by atoms with van der Waals surface area (Å²) in [4.78, 5) is 30.9. The fourth-order valence-corrected chi connectivity index (χ4v) is 2.88. The zero-order chi connectivity index (χ0) is 20.5. The van der Waals surface area contributed by atoms with Crippen LogP contribution in [0.5, 0.6) is 11.6 Å². The van der Waals surface area contributed by atoms with Crippen molar-refractivity contribution in [1.29, 1.82) is 0 Å². The monoisotopic (exact) mass is 393 g/mol. The van der Waals surface area contributed by atoms with Gasteiger partial charge in [0.1, 0.15) is 17.3 Å². The summed E-state index contributed by atoms with van der Waals surface area (Å²) in [5, 5.41) is 7.38. The van der Waals surface area contributed by atoms with Crippen molar-refractivity contribution in [3.8, 4) is 11.6 Å². The Hall–Kier alpha value is -3.88. The molecule has 1 amide bonds. The van der Waals surface area contributed by atoms with Crippen LogP contribution in [-0.4, -0.2) is 25.7 Å². The number of aryl methyl sites for hydroxylation is 1. The first-order chi connectivity index (χ1) is 13.9. The van der Waals surface area contributed by atoms with Crippen LogP contribution >= 0.6 is 0 Å². The summed E-state index contributed by atoms with van der Waals surface area (Å²) in [7, 11) is 0. The van der Waals surface area contributed by atoms with Gasteiger partial charge >= 0.3 is 6.03 Å². The second-order valence-corrected chi connectivity index (χ2v) is 6.88. The van der Waals surface area contributed by atoms with Gasteiger partial charge in [0.25, 0.3) is 5.56 Å². The van der Waals surface area contributed by atoms with Gasteiger partial charge in [-0.25, -0.2) is 9.78 Å². The summed E-state index contributed by atoms with van der Waals surface area (Å²) in [6.45, 7) is 5.64. The second-order valence-electron chi connectivity index (χ2n) is 6.88. The minimum atomic E-state index is -0.357. The maximum atomic E-state index is 12.6. The fraction of sp³-hybridized carbons (Fsp3) is 0.200. The summed E-state index contributed by atoms with van der Waals surface area (Å²) in [6.07, 6.45) is 1.66. The SMILES string of the molecule is Cc1nc(Oc2ccc3c(ccn3C(=O)Nc3cc(C(C)C)on3)c2)cc(=O)[nH]1. The fourth-order valence-electron chi connectivity index (χ4n) is 2.88. The number of rotatable bonds is 4. The molecule has 0 aliphatic carbocycles. The minimum absolute atomic E-state index is 0.178. The number of nitrogens with one attached hydrogen (secondary N) is 2. The Labute approximate surface area is 165 Å². The molecule has 0 spiro atoms. The predicted octanol–water partition coefficient (Wildman–Crippen LogP) is 4.02. The Morgan fingerprint density at radius 1 is 1.24 bits per heavy atom. The maximum Gasteiger partial charge on any atom is 0.331 e. The van der Waals surface area contributed by atoms with Crippen molar-refractivity contribution >= 4 is 22.8 Å². The van der Waals surface area contributed by atoms with Crippen molar-refractivity contribution in [3.05, 3.63) is 64.5 Å². The number of anilines is 1. The smallest absolute Gasteiger partial charge is 0.331 e. The van der Waals surface area contributed by atoms with E-state index in [0.717, 1.165) is 5.39 Å². The van der Waals surface area contributed by atoms with E-state index in [0.29, 0.717) is 28.7 Å². The molecule has 9 nitrogen and oxygen atoms in total. The van der Waals surface area contributed by atoms with Gasteiger partial charge < -0.3 is 14.2 Å². The van der Waals surface area contributed by atoms with Crippen LogP contribution in [0.15, 0.2) is 51.9 Å². The van der Waals surface area contributed by atoms with Crippen molar-refractivity contribution in [2.45, 2.75) is 26.7 Å². The van der Waals surface area contributed by atoms with E-state index in [2.05, 4.69) is 20.4 Å². The number of fused-ring (bicyclic) bond motifs is 1. The van der Waals surface area contributed by atoms with Gasteiger partial charge in [0.05, 0.1) is 11.6 Å². The average molecular weight is 393 g/mol. The van der Waals surface area contributed by atoms with E-state index in [9.17, 15) is 9.59 Å². The highest BCUT2D eigenvalue weighted by molar-refractivity contribution is 5.98. The van der Waals surface area contributed by atoms with E-state index in [1.54, 1.807) is 43.5 Å². The van der Waals surface area contributed by atoms with Crippen molar-refractivity contribution in [2.24, 2.45) is 0 Å². The molecule has 3 aromatic heterocycles. The van der Waals surface area contributed by atoms with E-state index < -0.39 is 0 Å². The lowest BCUT2D eigenvalue weighted by molar-refractivity contribution is 0.254. The molecule has 1 aromatic carbocycles. The summed E-state index contributed by atoms with van der Waals surface area (Å²) in [5.74, 6) is 2.41. The van der Waals surface area contributed by atoms with E-state index >= 15 is 0 Å². The molecule has 4 rings (SSSR count). The number of nitrogens with zero attached hydrogens (tertiary/aromatic N) is 3. The average Bonchev–Trinajstić information content (AvgIpc) is 3.27. The molecule has 0 atom stereocenters. The van der Waals surface area contributed by atoms with Gasteiger partial charge in [0.2, 0.25) is 5.88 Å². The van der Waals surface area contributed by atoms with E-state index in [-0.39, 0.29) is 23.4 Å². The predicted molar refractivity (Wildman–Crippen MR) is 107 cm³/mol. The molecule has 0 saturated carbocycles. The topological polar surface area (TPSA) is 115 Å². The van der Waals surface area contributed by atoms with E-state index in [1.807, 2.05) is 13.8 Å². The van der Waals surface area contributed by atoms with Crippen LogP contribution in [0.2, 0.25) is 0 Å². The summed E-state index contributed by atoms with van der Waals surface area (Å²) >= 11 is 0. The Kier molecular flexibility index (Phi) is 4.63. The molecule has 0 saturated heterocycles. The van der Waals surface area contributed by atoms with E-state index in [1.165, 1.54) is 10.6 Å². The van der Waals surface area contributed by atoms with Crippen molar-refractivity contribution < 1.29 is 14.1 Å². The van der Waals surface area contributed by atoms with E-state index in [4.69, 9.17) is 9.26 Å². The lowest BCUT2D eigenvalue weighted by Crippen LogP contribution is -2.18. The number of aromatic nitrogens is 4. The van der Waals surface area contributed by atoms with Crippen LogP contribution in [0, 0.1) is 6.92 Å². The number of benzene rings is 1. The number of carbonyl (C=O) groups excluding carboxylic acids is 1. The van der Waals surface area contributed by atoms with Crippen LogP contribution in [0.1, 0.15) is 31.4 Å². The Morgan fingerprint density at radius 2 is 2.07 bits per heavy atom. The number of hydrogen-bond donors (Lipinski definition) is 2. The Morgan fingerprint density at radius 3 is 2.79 bits per heavy atom. The van der Waals surface area contributed by atoms with Gasteiger partial charge in [-0.2, -0.15) is 0 Å². The molecule has 3 heterocycles. The molecular formula is C20H19N5O4. The highest BCUT2D eigenvalue weighted by Gasteiger charge is 2.14. The highest BCUT2D eigenvalue weighted by atomic mass is 16.5. The first-order valence-electron chi connectivity index (χ1n) is 9.04. The molecule has 4 aromatic rings. The van der Waals surface area contributed by atoms with Crippen LogP contribution in [0.4, 0.5) is 10.6 Å². The van der Waals surface area contributed by atoms with Gasteiger partial charge in [0.15, 0.2) is 5.82 Å². The molecule has 0 bridgehead atoms. The van der Waals surface area contributed by atoms with Gasteiger partial charge in [-0.3, -0.25) is 14.7 Å². The van der Waals surface area contributed by atoms with Gasteiger partial charge in [-0.1, -0.05) is 19.0 Å². The van der Waals surface area contributed by atoms with Crippen LogP contribution in [0.25, 0.3) is 10.9 Å². The number of aromatic amines is 1. The zero-order valence-corrected chi connectivity index (χ0v) is 16.1. The molecule has 0 aliphatic rings. The van der Waals surface area contributed by atoms with Crippen LogP contribution < -0.4 is 15.6 Å². The zero-order valence-electron chi connectivity index (χ0n) is 16.1. The highest BCUT2D eigenvalue weighted by Crippen LogP contribution is 2.25. The Bertz CT molecular complexity index is 1250. The van der Waals surface area contributed by atoms with Gasteiger partial charge in [-0.15, -0.1) is 0 Å². The summed E-state index contributed by atoms with van der Waals surface area (Å²) in [6, 6.07) is 9.65. The molecule has 0 aliphatic heterocycles. The van der Waals surface area contributed by atoms with Crippen molar-refractivity contribution in [3.63, 3.8) is 0 Å². The molecule has 0 unspecified atom stereocenters. The third-order valence-corrected chi connectivity index (χ3v) is 4.27. The third kappa shape index (κ3) is 3.88. The third-order valence-electron chi connectivity index (χ3n) is 4.27. The summed E-state index contributed by atoms with van der Waals surface area (Å²) < 4.78 is 12.3. The standard InChI is InChI=1S/C20H19N5O4/c1-11(2)16-9-17(24-29-16)23-20(27)25-7-6-13-8-14(4-5-15(13)25)28-19-10-18(26)21-12(3)22-19/h4-11H,1-3H3,(H,21,22,26)(H,23,24,27). The largest absolute Gasteiger partial charge is 0.439 e. The molecule has 0 fully saturated rings. The molecule has 29 heavy (non-hydrogen) atoms. The van der Waals surface area contributed by atoms with Crippen LogP contribution in [-0.2, 0) is 0 Å². The molecular weight excluding hydrogens is 374 g/mol. The molecule has 148 valence electrons. The number of ether oxygens (including phenoxy) is 1. The van der Waals surface area contributed by atoms with Crippen molar-refractivity contribution in [2.75, 3.05) is 5.32 Å². The molecule has 2 N–H and O–H groups in total. The second kappa shape index (κ2) is 7.27. The number of H-pyrrole nitrogens is 1. The first-order valence-corrected chi connectivity index (χ1v) is 9.04. The lowest BCUT2D eigenvalue weighted by Gasteiger charge is -2.07.